The average Bonchev–Trinajstić information content (AvgIpc) is 2.97. The molecular weight excluding hydrogens is 544 g/mol. The van der Waals surface area contributed by atoms with E-state index in [0.717, 1.165) is 8.61 Å². The third-order valence-corrected chi connectivity index (χ3v) is 9.94. The maximum absolute atomic E-state index is 13.5. The molecule has 1 aliphatic rings. The van der Waals surface area contributed by atoms with Crippen molar-refractivity contribution in [1.29, 1.82) is 0 Å². The highest BCUT2D eigenvalue weighted by molar-refractivity contribution is 7.89. The molecule has 11 nitrogen and oxygen atoms in total. The van der Waals surface area contributed by atoms with Crippen LogP contribution < -0.4 is 14.9 Å². The summed E-state index contributed by atoms with van der Waals surface area (Å²) in [5, 5.41) is 3.99. The van der Waals surface area contributed by atoms with Crippen LogP contribution in [-0.4, -0.2) is 77.5 Å². The first kappa shape index (κ1) is 28.2. The number of carbonyl (C=O) groups excluding carboxylic acids is 1. The van der Waals surface area contributed by atoms with Crippen molar-refractivity contribution >= 4 is 32.2 Å². The number of hydrogen-bond donors (Lipinski definition) is 1. The van der Waals surface area contributed by atoms with Crippen LogP contribution in [0.15, 0.2) is 93.8 Å². The van der Waals surface area contributed by atoms with Gasteiger partial charge in [-0.05, 0) is 42.5 Å². The summed E-state index contributed by atoms with van der Waals surface area (Å²) < 4.78 is 66.2. The van der Waals surface area contributed by atoms with E-state index in [4.69, 9.17) is 9.47 Å². The van der Waals surface area contributed by atoms with E-state index < -0.39 is 38.5 Å². The molecule has 39 heavy (non-hydrogen) atoms. The summed E-state index contributed by atoms with van der Waals surface area (Å²) in [7, 11) is -5.12. The zero-order valence-corrected chi connectivity index (χ0v) is 22.9. The van der Waals surface area contributed by atoms with Crippen LogP contribution in [0.5, 0.6) is 11.5 Å². The predicted octanol–water partition coefficient (Wildman–Crippen LogP) is 1.92. The van der Waals surface area contributed by atoms with Gasteiger partial charge in [-0.2, -0.15) is 13.7 Å². The second-order valence-electron chi connectivity index (χ2n) is 8.46. The van der Waals surface area contributed by atoms with E-state index in [1.165, 1.54) is 44.7 Å². The summed E-state index contributed by atoms with van der Waals surface area (Å²) in [5.41, 5.74) is 2.86. The zero-order chi connectivity index (χ0) is 28.0. The Kier molecular flexibility index (Phi) is 8.65. The van der Waals surface area contributed by atoms with Gasteiger partial charge in [0.15, 0.2) is 0 Å². The van der Waals surface area contributed by atoms with Gasteiger partial charge in [0.1, 0.15) is 17.5 Å². The topological polar surface area (TPSA) is 135 Å². The Hall–Kier alpha value is -3.78. The van der Waals surface area contributed by atoms with Crippen LogP contribution in [0.4, 0.5) is 0 Å². The van der Waals surface area contributed by atoms with E-state index >= 15 is 0 Å². The third-order valence-electron chi connectivity index (χ3n) is 6.14. The standard InChI is InChI=1S/C26H28N4O7S2/c1-36-21-13-14-25(37-2)20(17-21)18-27-28-26(31)24-19-29(38(32,33)22-9-5-3-6-10-22)15-16-30(24)39(34,35)23-11-7-4-8-12-23/h3-14,17-18,24H,15-16,19H2,1-2H3,(H,28,31)/b27-18-/t24-/m0/s1. The second-order valence-corrected chi connectivity index (χ2v) is 12.3. The molecule has 0 saturated carbocycles. The fourth-order valence-electron chi connectivity index (χ4n) is 4.11. The Morgan fingerprint density at radius 3 is 2.08 bits per heavy atom. The van der Waals surface area contributed by atoms with Crippen LogP contribution in [-0.2, 0) is 24.8 Å². The van der Waals surface area contributed by atoms with Gasteiger partial charge in [0.2, 0.25) is 20.0 Å². The quantitative estimate of drug-likeness (QED) is 0.306. The van der Waals surface area contributed by atoms with Crippen LogP contribution in [0.1, 0.15) is 5.56 Å². The molecule has 1 atom stereocenters. The molecule has 3 aromatic rings. The fourth-order valence-corrected chi connectivity index (χ4v) is 7.16. The maximum Gasteiger partial charge on any atom is 0.259 e. The molecule has 1 saturated heterocycles. The van der Waals surface area contributed by atoms with Crippen molar-refractivity contribution in [3.63, 3.8) is 0 Å². The SMILES string of the molecule is COc1ccc(OC)c(/C=N\NC(=O)[C@@H]2CN(S(=O)(=O)c3ccccc3)CCN2S(=O)(=O)c2ccccc2)c1. The maximum atomic E-state index is 13.5. The summed E-state index contributed by atoms with van der Waals surface area (Å²) in [6, 6.07) is 19.1. The van der Waals surface area contributed by atoms with Gasteiger partial charge >= 0.3 is 0 Å². The van der Waals surface area contributed by atoms with Crippen LogP contribution >= 0.6 is 0 Å². The Morgan fingerprint density at radius 1 is 0.872 bits per heavy atom. The zero-order valence-electron chi connectivity index (χ0n) is 21.3. The predicted molar refractivity (Wildman–Crippen MR) is 145 cm³/mol. The highest BCUT2D eigenvalue weighted by Gasteiger charge is 2.43. The number of ether oxygens (including phenoxy) is 2. The lowest BCUT2D eigenvalue weighted by Gasteiger charge is -2.38. The lowest BCUT2D eigenvalue weighted by molar-refractivity contribution is -0.125. The highest BCUT2D eigenvalue weighted by Crippen LogP contribution is 2.26. The molecule has 0 radical (unpaired) electrons. The van der Waals surface area contributed by atoms with Crippen molar-refractivity contribution in [1.82, 2.24) is 14.0 Å². The molecule has 1 heterocycles. The van der Waals surface area contributed by atoms with Crippen LogP contribution in [0, 0.1) is 0 Å². The molecule has 0 spiro atoms. The molecule has 1 N–H and O–H groups in total. The molecule has 1 amide bonds. The van der Waals surface area contributed by atoms with Crippen molar-refractivity contribution < 1.29 is 31.1 Å². The van der Waals surface area contributed by atoms with Crippen LogP contribution in [0.3, 0.4) is 0 Å². The van der Waals surface area contributed by atoms with Gasteiger partial charge in [0, 0.05) is 25.2 Å². The second kappa shape index (κ2) is 11.9. The smallest absolute Gasteiger partial charge is 0.259 e. The fraction of sp³-hybridized carbons (Fsp3) is 0.231. The van der Waals surface area contributed by atoms with Crippen molar-refractivity contribution in [3.8, 4) is 11.5 Å². The molecule has 0 aromatic heterocycles. The van der Waals surface area contributed by atoms with Crippen LogP contribution in [0.2, 0.25) is 0 Å². The number of methoxy groups -OCH3 is 2. The number of hydrazone groups is 1. The molecule has 1 fully saturated rings. The Bertz CT molecular complexity index is 1550. The lowest BCUT2D eigenvalue weighted by Crippen LogP contribution is -2.60. The summed E-state index contributed by atoms with van der Waals surface area (Å²) in [5.74, 6) is 0.221. The Balaban J connectivity index is 1.63. The summed E-state index contributed by atoms with van der Waals surface area (Å²) in [6.07, 6.45) is 1.33. The van der Waals surface area contributed by atoms with E-state index in [-0.39, 0.29) is 22.9 Å². The Labute approximate surface area is 227 Å². The van der Waals surface area contributed by atoms with Crippen molar-refractivity contribution in [2.45, 2.75) is 15.8 Å². The molecule has 0 bridgehead atoms. The minimum absolute atomic E-state index is 0.00761. The Morgan fingerprint density at radius 2 is 1.49 bits per heavy atom. The number of hydrogen-bond acceptors (Lipinski definition) is 8. The van der Waals surface area contributed by atoms with Gasteiger partial charge < -0.3 is 9.47 Å². The summed E-state index contributed by atoms with van der Waals surface area (Å²) in [4.78, 5) is 13.4. The largest absolute Gasteiger partial charge is 0.497 e. The van der Waals surface area contributed by atoms with Gasteiger partial charge in [0.05, 0.1) is 30.2 Å². The lowest BCUT2D eigenvalue weighted by atomic mass is 10.2. The van der Waals surface area contributed by atoms with Crippen molar-refractivity contribution in [2.24, 2.45) is 5.10 Å². The average molecular weight is 573 g/mol. The molecule has 4 rings (SSSR count). The molecule has 13 heteroatoms. The van der Waals surface area contributed by atoms with Gasteiger partial charge in [-0.1, -0.05) is 36.4 Å². The van der Waals surface area contributed by atoms with Crippen molar-refractivity contribution in [3.05, 3.63) is 84.4 Å². The third kappa shape index (κ3) is 6.11. The number of piperazine rings is 1. The first-order valence-corrected chi connectivity index (χ1v) is 14.7. The first-order valence-electron chi connectivity index (χ1n) is 11.9. The number of nitrogens with one attached hydrogen (secondary N) is 1. The van der Waals surface area contributed by atoms with E-state index in [1.54, 1.807) is 54.6 Å². The number of nitrogens with zero attached hydrogens (tertiary/aromatic N) is 3. The summed E-state index contributed by atoms with van der Waals surface area (Å²) >= 11 is 0. The number of rotatable bonds is 9. The first-order chi connectivity index (χ1) is 18.7. The molecule has 1 aliphatic heterocycles. The van der Waals surface area contributed by atoms with Crippen molar-refractivity contribution in [2.75, 3.05) is 33.9 Å². The minimum atomic E-state index is -4.12. The molecule has 206 valence electrons. The van der Waals surface area contributed by atoms with Gasteiger partial charge in [-0.15, -0.1) is 0 Å². The monoisotopic (exact) mass is 572 g/mol. The number of carbonyl (C=O) groups is 1. The molecule has 0 aliphatic carbocycles. The van der Waals surface area contributed by atoms with E-state index in [9.17, 15) is 21.6 Å². The van der Waals surface area contributed by atoms with E-state index in [1.807, 2.05) is 0 Å². The molecular formula is C26H28N4O7S2. The normalized spacial score (nSPS) is 17.1. The van der Waals surface area contributed by atoms with Gasteiger partial charge in [-0.25, -0.2) is 22.3 Å². The minimum Gasteiger partial charge on any atom is -0.497 e. The number of benzene rings is 3. The number of amides is 1. The van der Waals surface area contributed by atoms with Gasteiger partial charge in [-0.3, -0.25) is 4.79 Å². The van der Waals surface area contributed by atoms with E-state index in [0.29, 0.717) is 17.1 Å². The highest BCUT2D eigenvalue weighted by atomic mass is 32.2. The van der Waals surface area contributed by atoms with E-state index in [2.05, 4.69) is 10.5 Å². The molecule has 0 unspecified atom stereocenters. The molecule has 3 aromatic carbocycles. The number of sulfonamides is 2. The van der Waals surface area contributed by atoms with Crippen LogP contribution in [0.25, 0.3) is 0 Å². The summed E-state index contributed by atoms with van der Waals surface area (Å²) in [6.45, 7) is -0.751. The van der Waals surface area contributed by atoms with Gasteiger partial charge in [0.25, 0.3) is 5.91 Å².